The van der Waals surface area contributed by atoms with E-state index < -0.39 is 5.60 Å². The Kier molecular flexibility index (Phi) is 2.81. The molecule has 1 unspecified atom stereocenters. The van der Waals surface area contributed by atoms with Crippen molar-refractivity contribution in [2.75, 3.05) is 0 Å². The summed E-state index contributed by atoms with van der Waals surface area (Å²) in [6, 6.07) is 0. The molecule has 0 radical (unpaired) electrons. The van der Waals surface area contributed by atoms with Crippen molar-refractivity contribution < 1.29 is 15.0 Å². The zero-order chi connectivity index (χ0) is 14.8. The molecule has 0 aromatic rings. The lowest BCUT2D eigenvalue weighted by Crippen LogP contribution is -2.54. The summed E-state index contributed by atoms with van der Waals surface area (Å²) in [4.78, 5) is 11.6. The second-order valence-corrected chi connectivity index (χ2v) is 7.78. The molecule has 0 aromatic heterocycles. The molecule has 0 heterocycles. The van der Waals surface area contributed by atoms with Crippen molar-refractivity contribution in [3.8, 4) is 0 Å². The molecule has 3 nitrogen and oxygen atoms in total. The zero-order valence-corrected chi connectivity index (χ0v) is 12.6. The van der Waals surface area contributed by atoms with Crippen LogP contribution in [-0.2, 0) is 4.79 Å². The minimum atomic E-state index is -0.911. The number of hydrogen-bond donors (Lipinski definition) is 2. The van der Waals surface area contributed by atoms with Gasteiger partial charge in [-0.05, 0) is 85.5 Å². The lowest BCUT2D eigenvalue weighted by molar-refractivity contribution is -0.113. The van der Waals surface area contributed by atoms with E-state index in [9.17, 15) is 15.0 Å². The number of aliphatic hydroxyl groups is 2. The highest BCUT2D eigenvalue weighted by molar-refractivity contribution is 6.01. The molecule has 21 heavy (non-hydrogen) atoms. The van der Waals surface area contributed by atoms with E-state index in [4.69, 9.17) is 0 Å². The number of ketones is 1. The second kappa shape index (κ2) is 4.30. The summed E-state index contributed by atoms with van der Waals surface area (Å²) < 4.78 is 0. The molecule has 0 aromatic carbocycles. The summed E-state index contributed by atoms with van der Waals surface area (Å²) >= 11 is 0. The summed E-state index contributed by atoms with van der Waals surface area (Å²) in [5.41, 5.74) is 0.0388. The van der Waals surface area contributed by atoms with Crippen LogP contribution in [0.1, 0.15) is 45.4 Å². The number of carbonyl (C=O) groups excluding carboxylic acids is 1. The average Bonchev–Trinajstić information content (AvgIpc) is 2.76. The van der Waals surface area contributed by atoms with Crippen molar-refractivity contribution >= 4 is 5.78 Å². The minimum Gasteiger partial charge on any atom is -0.393 e. The molecule has 3 heteroatoms. The highest BCUT2D eigenvalue weighted by Gasteiger charge is 2.59. The summed E-state index contributed by atoms with van der Waals surface area (Å²) in [6.07, 6.45) is 10.5. The van der Waals surface area contributed by atoms with Crippen molar-refractivity contribution in [2.24, 2.45) is 23.2 Å². The maximum Gasteiger partial charge on any atom is 0.178 e. The third kappa shape index (κ3) is 1.71. The van der Waals surface area contributed by atoms with Gasteiger partial charge in [0.05, 0.1) is 6.10 Å². The zero-order valence-electron chi connectivity index (χ0n) is 12.6. The van der Waals surface area contributed by atoms with Gasteiger partial charge in [-0.2, -0.15) is 0 Å². The van der Waals surface area contributed by atoms with Gasteiger partial charge in [0.2, 0.25) is 0 Å². The highest BCUT2D eigenvalue weighted by Crippen LogP contribution is 2.62. The molecular formula is C18H24O3. The number of carbonyl (C=O) groups is 1. The lowest BCUT2D eigenvalue weighted by atomic mass is 9.51. The van der Waals surface area contributed by atoms with Gasteiger partial charge in [-0.1, -0.05) is 6.92 Å². The average molecular weight is 288 g/mol. The molecule has 4 aliphatic rings. The number of hydrogen-bond acceptors (Lipinski definition) is 3. The van der Waals surface area contributed by atoms with Crippen molar-refractivity contribution in [2.45, 2.75) is 57.2 Å². The van der Waals surface area contributed by atoms with Crippen molar-refractivity contribution in [1.82, 2.24) is 0 Å². The van der Waals surface area contributed by atoms with Crippen LogP contribution in [0, 0.1) is 23.2 Å². The van der Waals surface area contributed by atoms with E-state index in [0.29, 0.717) is 11.8 Å². The second-order valence-electron chi connectivity index (χ2n) is 7.78. The largest absolute Gasteiger partial charge is 0.393 e. The Morgan fingerprint density at radius 1 is 1.19 bits per heavy atom. The molecule has 0 bridgehead atoms. The predicted molar refractivity (Wildman–Crippen MR) is 79.5 cm³/mol. The Bertz CT molecular complexity index is 549. The number of allylic oxidation sites excluding steroid dienone is 2. The van der Waals surface area contributed by atoms with E-state index in [1.165, 1.54) is 6.08 Å². The van der Waals surface area contributed by atoms with E-state index in [1.54, 1.807) is 12.2 Å². The van der Waals surface area contributed by atoms with Crippen LogP contribution in [0.3, 0.4) is 0 Å². The van der Waals surface area contributed by atoms with E-state index in [2.05, 4.69) is 6.92 Å². The molecule has 3 saturated carbocycles. The van der Waals surface area contributed by atoms with E-state index >= 15 is 0 Å². The topological polar surface area (TPSA) is 57.5 Å². The quantitative estimate of drug-likeness (QED) is 0.719. The molecule has 6 atom stereocenters. The first-order chi connectivity index (χ1) is 9.95. The van der Waals surface area contributed by atoms with Gasteiger partial charge in [0.15, 0.2) is 5.78 Å². The number of aliphatic hydroxyl groups excluding tert-OH is 1. The van der Waals surface area contributed by atoms with Crippen molar-refractivity contribution in [3.05, 3.63) is 23.8 Å². The Morgan fingerprint density at radius 3 is 2.81 bits per heavy atom. The molecule has 2 N–H and O–H groups in total. The van der Waals surface area contributed by atoms with Crippen LogP contribution >= 0.6 is 0 Å². The fourth-order valence-electron chi connectivity index (χ4n) is 5.82. The highest BCUT2D eigenvalue weighted by atomic mass is 16.3. The third-order valence-electron chi connectivity index (χ3n) is 7.03. The molecule has 0 spiro atoms. The molecule has 4 rings (SSSR count). The van der Waals surface area contributed by atoms with Crippen molar-refractivity contribution in [3.63, 3.8) is 0 Å². The van der Waals surface area contributed by atoms with Gasteiger partial charge in [-0.25, -0.2) is 0 Å². The summed E-state index contributed by atoms with van der Waals surface area (Å²) in [7, 11) is 0. The number of fused-ring (bicyclic) bond motifs is 5. The Balaban J connectivity index is 1.70. The normalized spacial score (nSPS) is 52.0. The van der Waals surface area contributed by atoms with E-state index in [-0.39, 0.29) is 23.2 Å². The molecule has 114 valence electrons. The van der Waals surface area contributed by atoms with Crippen LogP contribution in [0.2, 0.25) is 0 Å². The fraction of sp³-hybridized carbons (Fsp3) is 0.722. The standard InChI is InChI=1S/C18H24O3/c1-17-8-7-15-13(14(17)4-5-16(17)20)3-2-11-10-12(19)6-9-18(11,15)21/h6,9-10,13-16,20-21H,2-5,7-8H2,1H3/t13-,14-,15-,16?,17-,18+/m0/s1. The maximum atomic E-state index is 11.6. The smallest absolute Gasteiger partial charge is 0.178 e. The van der Waals surface area contributed by atoms with Crippen LogP contribution in [0.4, 0.5) is 0 Å². The van der Waals surface area contributed by atoms with E-state index in [0.717, 1.165) is 44.1 Å². The van der Waals surface area contributed by atoms with Crippen molar-refractivity contribution in [1.29, 1.82) is 0 Å². The minimum absolute atomic E-state index is 0.00469. The van der Waals surface area contributed by atoms with Crippen LogP contribution in [0.5, 0.6) is 0 Å². The van der Waals surface area contributed by atoms with Crippen LogP contribution in [0.25, 0.3) is 0 Å². The maximum absolute atomic E-state index is 11.6. The molecule has 0 saturated heterocycles. The molecule has 4 aliphatic carbocycles. The monoisotopic (exact) mass is 288 g/mol. The first-order valence-corrected chi connectivity index (χ1v) is 8.30. The molecule has 0 amide bonds. The van der Waals surface area contributed by atoms with Gasteiger partial charge in [0.25, 0.3) is 0 Å². The molecular weight excluding hydrogens is 264 g/mol. The third-order valence-corrected chi connectivity index (χ3v) is 7.03. The van der Waals surface area contributed by atoms with Gasteiger partial charge in [-0.15, -0.1) is 0 Å². The van der Waals surface area contributed by atoms with Crippen LogP contribution < -0.4 is 0 Å². The van der Waals surface area contributed by atoms with Crippen LogP contribution in [-0.4, -0.2) is 27.7 Å². The van der Waals surface area contributed by atoms with Gasteiger partial charge in [0.1, 0.15) is 5.60 Å². The summed E-state index contributed by atoms with van der Waals surface area (Å²) in [6.45, 7) is 2.24. The van der Waals surface area contributed by atoms with Gasteiger partial charge in [-0.3, -0.25) is 4.79 Å². The Labute approximate surface area is 125 Å². The van der Waals surface area contributed by atoms with Gasteiger partial charge >= 0.3 is 0 Å². The molecule has 0 aliphatic heterocycles. The van der Waals surface area contributed by atoms with Crippen LogP contribution in [0.15, 0.2) is 23.8 Å². The SMILES string of the molecule is C[C@]12CC[C@H]3[C@@H](CCC4=CC(=O)C=C[C@@]43O)[C@@H]1CCC2O. The van der Waals surface area contributed by atoms with E-state index in [1.807, 2.05) is 0 Å². The Hall–Kier alpha value is -0.930. The first-order valence-electron chi connectivity index (χ1n) is 8.30. The Morgan fingerprint density at radius 2 is 2.00 bits per heavy atom. The number of rotatable bonds is 0. The van der Waals surface area contributed by atoms with Gasteiger partial charge in [0, 0.05) is 0 Å². The fourth-order valence-corrected chi connectivity index (χ4v) is 5.82. The summed E-state index contributed by atoms with van der Waals surface area (Å²) in [5, 5.41) is 21.6. The predicted octanol–water partition coefficient (Wildman–Crippen LogP) is 2.38. The molecule has 3 fully saturated rings. The lowest BCUT2D eigenvalue weighted by Gasteiger charge is -2.55. The van der Waals surface area contributed by atoms with Gasteiger partial charge < -0.3 is 10.2 Å². The first kappa shape index (κ1) is 13.7. The summed E-state index contributed by atoms with van der Waals surface area (Å²) in [5.74, 6) is 1.21.